The third-order valence-electron chi connectivity index (χ3n) is 2.91. The van der Waals surface area contributed by atoms with Crippen molar-refractivity contribution in [1.82, 2.24) is 14.8 Å². The summed E-state index contributed by atoms with van der Waals surface area (Å²) in [7, 11) is 1.86. The van der Waals surface area contributed by atoms with Crippen LogP contribution in [0.25, 0.3) is 17.1 Å². The molecule has 2 heterocycles. The summed E-state index contributed by atoms with van der Waals surface area (Å²) in [6, 6.07) is 17.9. The molecule has 0 amide bonds. The lowest BCUT2D eigenvalue weighted by molar-refractivity contribution is 0.884. The number of nitrogens with one attached hydrogen (secondary N) is 1. The Hall–Kier alpha value is -2.62. The van der Waals surface area contributed by atoms with Gasteiger partial charge in [-0.1, -0.05) is 24.3 Å². The predicted molar refractivity (Wildman–Crippen MR) is 76.3 cm³/mol. The topological polar surface area (TPSA) is 42.7 Å². The van der Waals surface area contributed by atoms with Crippen LogP contribution >= 0.6 is 0 Å². The Morgan fingerprint density at radius 3 is 2.58 bits per heavy atom. The first kappa shape index (κ1) is 11.5. The molecule has 3 aromatic rings. The average Bonchev–Trinajstić information content (AvgIpc) is 2.98. The van der Waals surface area contributed by atoms with Crippen LogP contribution in [-0.4, -0.2) is 21.8 Å². The average molecular weight is 250 g/mol. The van der Waals surface area contributed by atoms with Gasteiger partial charge in [-0.15, -0.1) is 0 Å². The van der Waals surface area contributed by atoms with E-state index in [1.807, 2.05) is 66.3 Å². The van der Waals surface area contributed by atoms with Crippen LogP contribution in [0.2, 0.25) is 0 Å². The number of aromatic nitrogens is 3. The normalized spacial score (nSPS) is 10.4. The monoisotopic (exact) mass is 250 g/mol. The Kier molecular flexibility index (Phi) is 2.98. The number of anilines is 1. The quantitative estimate of drug-likeness (QED) is 0.777. The van der Waals surface area contributed by atoms with E-state index in [4.69, 9.17) is 0 Å². The second-order valence-corrected chi connectivity index (χ2v) is 4.12. The molecule has 0 unspecified atom stereocenters. The highest BCUT2D eigenvalue weighted by Crippen LogP contribution is 2.21. The van der Waals surface area contributed by atoms with Crippen molar-refractivity contribution in [3.8, 4) is 17.1 Å². The Balaban J connectivity index is 2.09. The number of rotatable bonds is 3. The number of hydrogen-bond donors (Lipinski definition) is 1. The van der Waals surface area contributed by atoms with Gasteiger partial charge < -0.3 is 5.32 Å². The molecule has 2 aromatic heterocycles. The zero-order chi connectivity index (χ0) is 13.1. The Labute approximate surface area is 111 Å². The first-order valence-electron chi connectivity index (χ1n) is 6.13. The van der Waals surface area contributed by atoms with E-state index in [2.05, 4.69) is 15.4 Å². The third kappa shape index (κ3) is 2.20. The van der Waals surface area contributed by atoms with E-state index in [1.54, 1.807) is 6.20 Å². The SMILES string of the molecule is CNc1cccc(-c2ccnn2-c2ccccc2)n1. The van der Waals surface area contributed by atoms with E-state index in [0.29, 0.717) is 0 Å². The van der Waals surface area contributed by atoms with Crippen LogP contribution in [-0.2, 0) is 0 Å². The summed E-state index contributed by atoms with van der Waals surface area (Å²) in [5, 5.41) is 7.42. The van der Waals surface area contributed by atoms with Crippen molar-refractivity contribution in [1.29, 1.82) is 0 Å². The molecule has 4 nitrogen and oxygen atoms in total. The largest absolute Gasteiger partial charge is 0.373 e. The fourth-order valence-corrected chi connectivity index (χ4v) is 1.99. The molecule has 0 aliphatic rings. The first-order chi connectivity index (χ1) is 9.38. The van der Waals surface area contributed by atoms with Gasteiger partial charge in [0.1, 0.15) is 5.82 Å². The number of pyridine rings is 1. The molecule has 0 radical (unpaired) electrons. The standard InChI is InChI=1S/C15H14N4/c1-16-15-9-5-8-13(18-15)14-10-11-17-19(14)12-6-3-2-4-7-12/h2-11H,1H3,(H,16,18). The van der Waals surface area contributed by atoms with Crippen molar-refractivity contribution in [2.45, 2.75) is 0 Å². The number of hydrogen-bond acceptors (Lipinski definition) is 3. The lowest BCUT2D eigenvalue weighted by Crippen LogP contribution is -2.00. The highest BCUT2D eigenvalue weighted by Gasteiger charge is 2.08. The van der Waals surface area contributed by atoms with Crippen LogP contribution in [0.3, 0.4) is 0 Å². The predicted octanol–water partition coefficient (Wildman–Crippen LogP) is 2.98. The molecule has 0 fully saturated rings. The van der Waals surface area contributed by atoms with E-state index >= 15 is 0 Å². The van der Waals surface area contributed by atoms with Crippen molar-refractivity contribution >= 4 is 5.82 Å². The van der Waals surface area contributed by atoms with Gasteiger partial charge in [-0.3, -0.25) is 0 Å². The lowest BCUT2D eigenvalue weighted by Gasteiger charge is -2.08. The molecule has 1 aromatic carbocycles. The zero-order valence-electron chi connectivity index (χ0n) is 10.6. The van der Waals surface area contributed by atoms with Crippen molar-refractivity contribution in [2.24, 2.45) is 0 Å². The molecule has 1 N–H and O–H groups in total. The third-order valence-corrected chi connectivity index (χ3v) is 2.91. The minimum absolute atomic E-state index is 0.846. The fraction of sp³-hybridized carbons (Fsp3) is 0.0667. The van der Waals surface area contributed by atoms with Crippen molar-refractivity contribution in [2.75, 3.05) is 12.4 Å². The molecule has 0 saturated carbocycles. The molecule has 0 aliphatic heterocycles. The summed E-state index contributed by atoms with van der Waals surface area (Å²) < 4.78 is 1.89. The fourth-order valence-electron chi connectivity index (χ4n) is 1.99. The molecule has 0 spiro atoms. The van der Waals surface area contributed by atoms with Gasteiger partial charge >= 0.3 is 0 Å². The van der Waals surface area contributed by atoms with Gasteiger partial charge in [0.15, 0.2) is 0 Å². The van der Waals surface area contributed by atoms with Crippen molar-refractivity contribution < 1.29 is 0 Å². The van der Waals surface area contributed by atoms with Crippen LogP contribution in [0.4, 0.5) is 5.82 Å². The Morgan fingerprint density at radius 2 is 1.79 bits per heavy atom. The van der Waals surface area contributed by atoms with Crippen LogP contribution in [0, 0.1) is 0 Å². The Morgan fingerprint density at radius 1 is 0.947 bits per heavy atom. The van der Waals surface area contributed by atoms with E-state index < -0.39 is 0 Å². The van der Waals surface area contributed by atoms with E-state index in [-0.39, 0.29) is 0 Å². The van der Waals surface area contributed by atoms with Crippen molar-refractivity contribution in [3.05, 3.63) is 60.8 Å². The maximum Gasteiger partial charge on any atom is 0.126 e. The highest BCUT2D eigenvalue weighted by molar-refractivity contribution is 5.59. The number of benzene rings is 1. The molecule has 0 aliphatic carbocycles. The van der Waals surface area contributed by atoms with Gasteiger partial charge in [0.25, 0.3) is 0 Å². The summed E-state index contributed by atoms with van der Waals surface area (Å²) in [5.74, 6) is 0.846. The molecule has 0 atom stereocenters. The summed E-state index contributed by atoms with van der Waals surface area (Å²) in [4.78, 5) is 4.55. The molecule has 94 valence electrons. The van der Waals surface area contributed by atoms with Gasteiger partial charge in [0.05, 0.1) is 23.3 Å². The van der Waals surface area contributed by atoms with Crippen molar-refractivity contribution in [3.63, 3.8) is 0 Å². The van der Waals surface area contributed by atoms with Crippen LogP contribution in [0.15, 0.2) is 60.8 Å². The molecule has 19 heavy (non-hydrogen) atoms. The molecular formula is C15H14N4. The summed E-state index contributed by atoms with van der Waals surface area (Å²) in [6.07, 6.45) is 1.79. The lowest BCUT2D eigenvalue weighted by atomic mass is 10.2. The van der Waals surface area contributed by atoms with Gasteiger partial charge in [0, 0.05) is 7.05 Å². The first-order valence-corrected chi connectivity index (χ1v) is 6.13. The molecule has 3 rings (SSSR count). The van der Waals surface area contributed by atoms with Gasteiger partial charge in [0.2, 0.25) is 0 Å². The van der Waals surface area contributed by atoms with E-state index in [9.17, 15) is 0 Å². The van der Waals surface area contributed by atoms with E-state index in [0.717, 1.165) is 22.9 Å². The van der Waals surface area contributed by atoms with Crippen LogP contribution in [0.1, 0.15) is 0 Å². The minimum Gasteiger partial charge on any atom is -0.373 e. The molecule has 4 heteroatoms. The van der Waals surface area contributed by atoms with Crippen LogP contribution < -0.4 is 5.32 Å². The minimum atomic E-state index is 0.846. The second kappa shape index (κ2) is 4.94. The maximum absolute atomic E-state index is 4.55. The summed E-state index contributed by atoms with van der Waals surface area (Å²) in [5.41, 5.74) is 2.90. The summed E-state index contributed by atoms with van der Waals surface area (Å²) in [6.45, 7) is 0. The molecule has 0 bridgehead atoms. The Bertz CT molecular complexity index is 673. The highest BCUT2D eigenvalue weighted by atomic mass is 15.3. The maximum atomic E-state index is 4.55. The van der Waals surface area contributed by atoms with Crippen LogP contribution in [0.5, 0.6) is 0 Å². The van der Waals surface area contributed by atoms with Gasteiger partial charge in [-0.05, 0) is 30.3 Å². The van der Waals surface area contributed by atoms with E-state index in [1.165, 1.54) is 0 Å². The number of nitrogens with zero attached hydrogens (tertiary/aromatic N) is 3. The zero-order valence-corrected chi connectivity index (χ0v) is 10.6. The van der Waals surface area contributed by atoms with Gasteiger partial charge in [-0.2, -0.15) is 5.10 Å². The molecule has 0 saturated heterocycles. The smallest absolute Gasteiger partial charge is 0.126 e. The van der Waals surface area contributed by atoms with Gasteiger partial charge in [-0.25, -0.2) is 9.67 Å². The second-order valence-electron chi connectivity index (χ2n) is 4.12. The number of para-hydroxylation sites is 1. The summed E-state index contributed by atoms with van der Waals surface area (Å²) >= 11 is 0. The molecular weight excluding hydrogens is 236 g/mol.